The van der Waals surface area contributed by atoms with Gasteiger partial charge in [-0.15, -0.1) is 10.1 Å². The topological polar surface area (TPSA) is 52.4 Å². The van der Waals surface area contributed by atoms with Gasteiger partial charge in [0.05, 0.1) is 0 Å². The van der Waals surface area contributed by atoms with E-state index in [1.165, 1.54) is 6.42 Å². The average Bonchev–Trinajstić information content (AvgIpc) is 1.88. The molecule has 0 saturated heterocycles. The van der Waals surface area contributed by atoms with Crippen molar-refractivity contribution in [3.05, 3.63) is 10.1 Å². The highest BCUT2D eigenvalue weighted by Gasteiger charge is 2.16. The maximum Gasteiger partial charge on any atom is 0.294 e. The van der Waals surface area contributed by atoms with Crippen molar-refractivity contribution in [2.75, 3.05) is 0 Å². The summed E-state index contributed by atoms with van der Waals surface area (Å²) >= 11 is 0. The van der Waals surface area contributed by atoms with Crippen LogP contribution in [0, 0.1) is 10.1 Å². The fourth-order valence-electron chi connectivity index (χ4n) is 1.29. The van der Waals surface area contributed by atoms with Gasteiger partial charge in [0.2, 0.25) is 0 Å². The molecule has 0 N–H and O–H groups in total. The summed E-state index contributed by atoms with van der Waals surface area (Å²) < 4.78 is 0. The lowest BCUT2D eigenvalue weighted by Gasteiger charge is -2.18. The van der Waals surface area contributed by atoms with Gasteiger partial charge in [-0.05, 0) is 12.8 Å². The van der Waals surface area contributed by atoms with Crippen LogP contribution >= 0.6 is 0 Å². The Balaban J connectivity index is 2.19. The van der Waals surface area contributed by atoms with Gasteiger partial charge in [-0.3, -0.25) is 0 Å². The third-order valence-corrected chi connectivity index (χ3v) is 1.79. The third-order valence-electron chi connectivity index (χ3n) is 1.79. The van der Waals surface area contributed by atoms with Crippen LogP contribution in [-0.4, -0.2) is 11.2 Å². The van der Waals surface area contributed by atoms with Crippen LogP contribution in [0.5, 0.6) is 0 Å². The molecule has 4 heteroatoms. The molecule has 0 aromatic rings. The number of hydrogen-bond acceptors (Lipinski definition) is 3. The molecule has 1 aliphatic rings. The molecule has 10 heavy (non-hydrogen) atoms. The molecule has 0 aromatic carbocycles. The van der Waals surface area contributed by atoms with E-state index in [-0.39, 0.29) is 6.10 Å². The van der Waals surface area contributed by atoms with Gasteiger partial charge in [0.1, 0.15) is 6.10 Å². The van der Waals surface area contributed by atoms with E-state index in [0.717, 1.165) is 25.7 Å². The Hall–Kier alpha value is -0.800. The van der Waals surface area contributed by atoms with Crippen molar-refractivity contribution in [2.45, 2.75) is 38.2 Å². The zero-order valence-corrected chi connectivity index (χ0v) is 5.78. The summed E-state index contributed by atoms with van der Waals surface area (Å²) in [5.74, 6) is 0. The lowest BCUT2D eigenvalue weighted by molar-refractivity contribution is -0.769. The van der Waals surface area contributed by atoms with E-state index in [1.54, 1.807) is 0 Å². The largest absolute Gasteiger partial charge is 0.311 e. The van der Waals surface area contributed by atoms with Crippen LogP contribution in [0.2, 0.25) is 0 Å². The van der Waals surface area contributed by atoms with Crippen LogP contribution in [0.25, 0.3) is 0 Å². The van der Waals surface area contributed by atoms with Crippen LogP contribution in [0.15, 0.2) is 0 Å². The Morgan fingerprint density at radius 1 is 1.30 bits per heavy atom. The molecule has 0 bridgehead atoms. The predicted octanol–water partition coefficient (Wildman–Crippen LogP) is 1.53. The van der Waals surface area contributed by atoms with Crippen molar-refractivity contribution in [3.63, 3.8) is 0 Å². The minimum atomic E-state index is -0.685. The molecule has 0 spiro atoms. The summed E-state index contributed by atoms with van der Waals surface area (Å²) in [5, 5.41) is 9.17. The Bertz CT molecular complexity index is 120. The predicted molar refractivity (Wildman–Crippen MR) is 35.0 cm³/mol. The summed E-state index contributed by atoms with van der Waals surface area (Å²) in [5.41, 5.74) is 0. The first-order chi connectivity index (χ1) is 4.79. The second-order valence-electron chi connectivity index (χ2n) is 2.59. The second kappa shape index (κ2) is 3.39. The first-order valence-corrected chi connectivity index (χ1v) is 3.60. The molecular formula is C6H11NO3. The first-order valence-electron chi connectivity index (χ1n) is 3.60. The number of rotatable bonds is 2. The van der Waals surface area contributed by atoms with E-state index in [0.29, 0.717) is 0 Å². The van der Waals surface area contributed by atoms with Gasteiger partial charge in [0, 0.05) is 0 Å². The summed E-state index contributed by atoms with van der Waals surface area (Å²) in [6, 6.07) is 0. The van der Waals surface area contributed by atoms with Crippen molar-refractivity contribution < 1.29 is 9.92 Å². The first kappa shape index (κ1) is 7.31. The Morgan fingerprint density at radius 3 is 2.40 bits per heavy atom. The Kier molecular flexibility index (Phi) is 2.48. The smallest absolute Gasteiger partial charge is 0.294 e. The Labute approximate surface area is 59.3 Å². The van der Waals surface area contributed by atoms with E-state index in [9.17, 15) is 10.1 Å². The maximum absolute atomic E-state index is 9.85. The molecule has 0 heterocycles. The average molecular weight is 145 g/mol. The van der Waals surface area contributed by atoms with Gasteiger partial charge in [0.25, 0.3) is 5.09 Å². The molecule has 0 radical (unpaired) electrons. The quantitative estimate of drug-likeness (QED) is 0.437. The maximum atomic E-state index is 9.85. The molecule has 0 amide bonds. The summed E-state index contributed by atoms with van der Waals surface area (Å²) in [6.45, 7) is 0. The highest BCUT2D eigenvalue weighted by Crippen LogP contribution is 2.19. The van der Waals surface area contributed by atoms with Crippen LogP contribution in [0.1, 0.15) is 32.1 Å². The zero-order valence-electron chi connectivity index (χ0n) is 5.78. The van der Waals surface area contributed by atoms with Crippen molar-refractivity contribution >= 4 is 0 Å². The molecular weight excluding hydrogens is 134 g/mol. The minimum absolute atomic E-state index is 0.122. The summed E-state index contributed by atoms with van der Waals surface area (Å²) in [7, 11) is 0. The lowest BCUT2D eigenvalue weighted by atomic mass is 9.98. The van der Waals surface area contributed by atoms with Gasteiger partial charge in [-0.2, -0.15) is 0 Å². The zero-order chi connectivity index (χ0) is 7.40. The van der Waals surface area contributed by atoms with E-state index in [2.05, 4.69) is 4.84 Å². The molecule has 58 valence electrons. The van der Waals surface area contributed by atoms with E-state index >= 15 is 0 Å². The summed E-state index contributed by atoms with van der Waals surface area (Å²) in [6.07, 6.45) is 4.90. The van der Waals surface area contributed by atoms with Gasteiger partial charge >= 0.3 is 0 Å². The van der Waals surface area contributed by atoms with Crippen molar-refractivity contribution in [1.29, 1.82) is 0 Å². The SMILES string of the molecule is O=[N+]([O-])OC1CCCCC1. The molecule has 0 atom stereocenters. The molecule has 0 aromatic heterocycles. The second-order valence-corrected chi connectivity index (χ2v) is 2.59. The van der Waals surface area contributed by atoms with E-state index in [1.807, 2.05) is 0 Å². The summed E-state index contributed by atoms with van der Waals surface area (Å²) in [4.78, 5) is 14.3. The van der Waals surface area contributed by atoms with Crippen molar-refractivity contribution in [2.24, 2.45) is 0 Å². The fraction of sp³-hybridized carbons (Fsp3) is 1.00. The molecule has 0 aliphatic heterocycles. The van der Waals surface area contributed by atoms with Gasteiger partial charge in [-0.1, -0.05) is 19.3 Å². The number of hydrogen-bond donors (Lipinski definition) is 0. The van der Waals surface area contributed by atoms with Gasteiger partial charge < -0.3 is 4.84 Å². The van der Waals surface area contributed by atoms with Gasteiger partial charge in [0.15, 0.2) is 0 Å². The molecule has 4 nitrogen and oxygen atoms in total. The molecule has 1 rings (SSSR count). The fourth-order valence-corrected chi connectivity index (χ4v) is 1.29. The van der Waals surface area contributed by atoms with E-state index < -0.39 is 5.09 Å². The third kappa shape index (κ3) is 2.21. The van der Waals surface area contributed by atoms with Crippen molar-refractivity contribution in [1.82, 2.24) is 0 Å². The monoisotopic (exact) mass is 145 g/mol. The van der Waals surface area contributed by atoms with Crippen LogP contribution in [-0.2, 0) is 4.84 Å². The lowest BCUT2D eigenvalue weighted by Crippen LogP contribution is -2.19. The molecule has 0 unspecified atom stereocenters. The standard InChI is InChI=1S/C6H11NO3/c8-7(9)10-6-4-2-1-3-5-6/h6H,1-5H2. The van der Waals surface area contributed by atoms with Crippen molar-refractivity contribution in [3.8, 4) is 0 Å². The molecule has 1 aliphatic carbocycles. The van der Waals surface area contributed by atoms with Crippen LogP contribution in [0.3, 0.4) is 0 Å². The molecule has 1 saturated carbocycles. The van der Waals surface area contributed by atoms with E-state index in [4.69, 9.17) is 0 Å². The normalized spacial score (nSPS) is 20.4. The number of nitrogens with zero attached hydrogens (tertiary/aromatic N) is 1. The van der Waals surface area contributed by atoms with Crippen LogP contribution in [0.4, 0.5) is 0 Å². The highest BCUT2D eigenvalue weighted by atomic mass is 17.0. The minimum Gasteiger partial charge on any atom is -0.311 e. The Morgan fingerprint density at radius 2 is 1.90 bits per heavy atom. The van der Waals surface area contributed by atoms with Gasteiger partial charge in [-0.25, -0.2) is 0 Å². The molecule has 1 fully saturated rings. The highest BCUT2D eigenvalue weighted by molar-refractivity contribution is 4.63. The van der Waals surface area contributed by atoms with Crippen LogP contribution < -0.4 is 0 Å².